The maximum Gasteiger partial charge on any atom is 0.306 e. The Labute approximate surface area is 131 Å². The Kier molecular flexibility index (Phi) is 5.66. The number of benzene rings is 1. The predicted octanol–water partition coefficient (Wildman–Crippen LogP) is 2.95. The molecule has 0 saturated carbocycles. The molecule has 22 heavy (non-hydrogen) atoms. The van der Waals surface area contributed by atoms with Crippen molar-refractivity contribution in [3.63, 3.8) is 0 Å². The van der Waals surface area contributed by atoms with E-state index in [9.17, 15) is 4.79 Å². The second kappa shape index (κ2) is 7.49. The molecule has 0 bridgehead atoms. The zero-order chi connectivity index (χ0) is 16.1. The minimum absolute atomic E-state index is 0.196. The molecule has 5 nitrogen and oxygen atoms in total. The molecule has 1 heterocycles. The number of hydrogen-bond donors (Lipinski definition) is 1. The number of carboxylic acids is 1. The molecule has 122 valence electrons. The molecule has 1 aromatic carbocycles. The van der Waals surface area contributed by atoms with Gasteiger partial charge in [-0.2, -0.15) is 0 Å². The molecule has 1 N–H and O–H groups in total. The fourth-order valence-corrected chi connectivity index (χ4v) is 2.97. The Balaban J connectivity index is 2.08. The van der Waals surface area contributed by atoms with E-state index in [1.807, 2.05) is 19.1 Å². The van der Waals surface area contributed by atoms with Gasteiger partial charge in [0.2, 0.25) is 0 Å². The molecule has 1 aromatic rings. The highest BCUT2D eigenvalue weighted by Gasteiger charge is 2.27. The van der Waals surface area contributed by atoms with Crippen LogP contribution < -0.4 is 9.47 Å². The van der Waals surface area contributed by atoms with E-state index in [0.29, 0.717) is 19.4 Å². The number of piperidine rings is 1. The Morgan fingerprint density at radius 3 is 2.59 bits per heavy atom. The second-order valence-corrected chi connectivity index (χ2v) is 5.67. The van der Waals surface area contributed by atoms with E-state index in [1.54, 1.807) is 7.11 Å². The second-order valence-electron chi connectivity index (χ2n) is 5.67. The van der Waals surface area contributed by atoms with Gasteiger partial charge in [0, 0.05) is 6.04 Å². The first-order valence-electron chi connectivity index (χ1n) is 7.84. The van der Waals surface area contributed by atoms with Gasteiger partial charge in [0.05, 0.1) is 19.6 Å². The number of carbonyl (C=O) groups is 1. The Bertz CT molecular complexity index is 509. The smallest absolute Gasteiger partial charge is 0.306 e. The van der Waals surface area contributed by atoms with Crippen LogP contribution in [0.25, 0.3) is 0 Å². The van der Waals surface area contributed by atoms with Crippen molar-refractivity contribution in [1.82, 2.24) is 4.90 Å². The number of methoxy groups -OCH3 is 1. The molecule has 5 heteroatoms. The first-order valence-corrected chi connectivity index (χ1v) is 7.84. The summed E-state index contributed by atoms with van der Waals surface area (Å²) in [5.41, 5.74) is 1.16. The van der Waals surface area contributed by atoms with E-state index >= 15 is 0 Å². The molecule has 1 fully saturated rings. The minimum Gasteiger partial charge on any atom is -0.493 e. The fraction of sp³-hybridized carbons (Fsp3) is 0.588. The van der Waals surface area contributed by atoms with Crippen molar-refractivity contribution in [3.8, 4) is 11.5 Å². The van der Waals surface area contributed by atoms with Crippen LogP contribution in [0.15, 0.2) is 18.2 Å². The molecular formula is C17H25NO4. The summed E-state index contributed by atoms with van der Waals surface area (Å²) in [7, 11) is 1.64. The third-order valence-electron chi connectivity index (χ3n) is 4.40. The summed E-state index contributed by atoms with van der Waals surface area (Å²) in [6, 6.07) is 6.24. The van der Waals surface area contributed by atoms with Crippen molar-refractivity contribution in [2.45, 2.75) is 32.7 Å². The van der Waals surface area contributed by atoms with Crippen LogP contribution >= 0.6 is 0 Å². The first kappa shape index (κ1) is 16.6. The standard InChI is InChI=1S/C17H25NO4/c1-4-22-16-11-14(5-6-15(16)21-3)12(2)18-9-7-13(8-10-18)17(19)20/h5-6,11-13H,4,7-10H2,1-3H3,(H,19,20). The van der Waals surface area contributed by atoms with Crippen molar-refractivity contribution in [3.05, 3.63) is 23.8 Å². The molecule has 1 saturated heterocycles. The van der Waals surface area contributed by atoms with Gasteiger partial charge in [0.1, 0.15) is 0 Å². The van der Waals surface area contributed by atoms with E-state index in [0.717, 1.165) is 30.2 Å². The number of ether oxygens (including phenoxy) is 2. The van der Waals surface area contributed by atoms with Crippen LogP contribution in [0.5, 0.6) is 11.5 Å². The van der Waals surface area contributed by atoms with E-state index in [2.05, 4.69) is 17.9 Å². The van der Waals surface area contributed by atoms with Crippen LogP contribution in [0.1, 0.15) is 38.3 Å². The average Bonchev–Trinajstić information content (AvgIpc) is 2.54. The molecule has 2 rings (SSSR count). The first-order chi connectivity index (χ1) is 10.6. The highest BCUT2D eigenvalue weighted by atomic mass is 16.5. The van der Waals surface area contributed by atoms with Gasteiger partial charge in [0.15, 0.2) is 11.5 Å². The summed E-state index contributed by atoms with van der Waals surface area (Å²) in [5.74, 6) is 0.630. The van der Waals surface area contributed by atoms with Crippen LogP contribution in [0.4, 0.5) is 0 Å². The lowest BCUT2D eigenvalue weighted by atomic mass is 9.95. The van der Waals surface area contributed by atoms with Gasteiger partial charge in [0.25, 0.3) is 0 Å². The molecule has 1 atom stereocenters. The van der Waals surface area contributed by atoms with Crippen LogP contribution in [0.3, 0.4) is 0 Å². The highest BCUT2D eigenvalue weighted by Crippen LogP contribution is 2.33. The summed E-state index contributed by atoms with van der Waals surface area (Å²) in [5, 5.41) is 9.08. The van der Waals surface area contributed by atoms with E-state index in [1.165, 1.54) is 0 Å². The molecule has 1 aliphatic heterocycles. The molecule has 0 aromatic heterocycles. The van der Waals surface area contributed by atoms with Crippen LogP contribution in [0.2, 0.25) is 0 Å². The van der Waals surface area contributed by atoms with E-state index in [-0.39, 0.29) is 12.0 Å². The number of rotatable bonds is 6. The summed E-state index contributed by atoms with van der Waals surface area (Å²) in [6.07, 6.45) is 1.43. The highest BCUT2D eigenvalue weighted by molar-refractivity contribution is 5.70. The third-order valence-corrected chi connectivity index (χ3v) is 4.40. The fourth-order valence-electron chi connectivity index (χ4n) is 2.97. The number of carboxylic acid groups (broad SMARTS) is 1. The summed E-state index contributed by atoms with van der Waals surface area (Å²) in [6.45, 7) is 6.32. The third kappa shape index (κ3) is 3.71. The number of nitrogens with zero attached hydrogens (tertiary/aromatic N) is 1. The number of aliphatic carboxylic acids is 1. The molecule has 0 spiro atoms. The topological polar surface area (TPSA) is 59.0 Å². The quantitative estimate of drug-likeness (QED) is 0.875. The maximum atomic E-state index is 11.0. The molecule has 0 aliphatic carbocycles. The maximum absolute atomic E-state index is 11.0. The van der Waals surface area contributed by atoms with Crippen molar-refractivity contribution < 1.29 is 19.4 Å². The van der Waals surface area contributed by atoms with Gasteiger partial charge < -0.3 is 14.6 Å². The average molecular weight is 307 g/mol. The van der Waals surface area contributed by atoms with Crippen molar-refractivity contribution in [2.75, 3.05) is 26.8 Å². The summed E-state index contributed by atoms with van der Waals surface area (Å²) < 4.78 is 10.9. The largest absolute Gasteiger partial charge is 0.493 e. The zero-order valence-corrected chi connectivity index (χ0v) is 13.5. The SMILES string of the molecule is CCOc1cc(C(C)N2CCC(C(=O)O)CC2)ccc1OC. The summed E-state index contributed by atoms with van der Waals surface area (Å²) in [4.78, 5) is 13.4. The van der Waals surface area contributed by atoms with Gasteiger partial charge in [-0.05, 0) is 57.5 Å². The van der Waals surface area contributed by atoms with Gasteiger partial charge in [-0.15, -0.1) is 0 Å². The molecule has 1 unspecified atom stereocenters. The monoisotopic (exact) mass is 307 g/mol. The van der Waals surface area contributed by atoms with Crippen LogP contribution in [-0.2, 0) is 4.79 Å². The van der Waals surface area contributed by atoms with Crippen molar-refractivity contribution in [1.29, 1.82) is 0 Å². The number of likely N-dealkylation sites (tertiary alicyclic amines) is 1. The van der Waals surface area contributed by atoms with Crippen LogP contribution in [-0.4, -0.2) is 42.8 Å². The number of hydrogen-bond acceptors (Lipinski definition) is 4. The van der Waals surface area contributed by atoms with Crippen LogP contribution in [0, 0.1) is 5.92 Å². The van der Waals surface area contributed by atoms with E-state index in [4.69, 9.17) is 14.6 Å². The Morgan fingerprint density at radius 2 is 2.05 bits per heavy atom. The normalized spacial score (nSPS) is 18.0. The van der Waals surface area contributed by atoms with Gasteiger partial charge in [-0.3, -0.25) is 9.69 Å². The lowest BCUT2D eigenvalue weighted by Gasteiger charge is -2.35. The van der Waals surface area contributed by atoms with Gasteiger partial charge >= 0.3 is 5.97 Å². The zero-order valence-electron chi connectivity index (χ0n) is 13.5. The van der Waals surface area contributed by atoms with Crippen molar-refractivity contribution in [2.24, 2.45) is 5.92 Å². The van der Waals surface area contributed by atoms with Gasteiger partial charge in [-0.25, -0.2) is 0 Å². The lowest BCUT2D eigenvalue weighted by molar-refractivity contribution is -0.143. The van der Waals surface area contributed by atoms with Crippen molar-refractivity contribution >= 4 is 5.97 Å². The minimum atomic E-state index is -0.671. The van der Waals surface area contributed by atoms with Gasteiger partial charge in [-0.1, -0.05) is 6.07 Å². The molecular weight excluding hydrogens is 282 g/mol. The predicted molar refractivity (Wildman–Crippen MR) is 84.5 cm³/mol. The summed E-state index contributed by atoms with van der Waals surface area (Å²) >= 11 is 0. The molecule has 0 amide bonds. The molecule has 0 radical (unpaired) electrons. The lowest BCUT2D eigenvalue weighted by Crippen LogP contribution is -2.37. The van der Waals surface area contributed by atoms with E-state index < -0.39 is 5.97 Å². The Hall–Kier alpha value is -1.75. The Morgan fingerprint density at radius 1 is 1.36 bits per heavy atom. The molecule has 1 aliphatic rings.